The summed E-state index contributed by atoms with van der Waals surface area (Å²) in [5, 5.41) is 0. The summed E-state index contributed by atoms with van der Waals surface area (Å²) in [6, 6.07) is 9.71. The molecule has 0 radical (unpaired) electrons. The molecule has 1 aromatic carbocycles. The molecule has 1 aromatic heterocycles. The van der Waals surface area contributed by atoms with E-state index in [0.717, 1.165) is 5.56 Å². The molecule has 92 valence electrons. The van der Waals surface area contributed by atoms with Gasteiger partial charge in [-0.3, -0.25) is 4.79 Å². The number of anilines is 1. The highest BCUT2D eigenvalue weighted by molar-refractivity contribution is 5.98. The second-order valence-electron chi connectivity index (χ2n) is 4.25. The number of carbonyl (C=O) groups excluding carboxylic acids is 1. The zero-order valence-electron chi connectivity index (χ0n) is 10.7. The van der Waals surface area contributed by atoms with E-state index >= 15 is 0 Å². The molecule has 0 spiro atoms. The number of carbonyl (C=O) groups is 1. The third-order valence-electron chi connectivity index (χ3n) is 2.60. The smallest absolute Gasteiger partial charge is 0.165 e. The maximum absolute atomic E-state index is 11.5. The molecule has 2 rings (SSSR count). The number of Topliss-reactive ketones (excluding diaryl/α,β-unsaturated/α-hetero) is 1. The Morgan fingerprint density at radius 2 is 1.83 bits per heavy atom. The van der Waals surface area contributed by atoms with Crippen molar-refractivity contribution in [1.82, 2.24) is 9.97 Å². The normalized spacial score (nSPS) is 10.2. The molecule has 0 aliphatic heterocycles. The van der Waals surface area contributed by atoms with E-state index < -0.39 is 0 Å². The predicted octanol–water partition coefficient (Wildman–Crippen LogP) is 2.41. The fourth-order valence-corrected chi connectivity index (χ4v) is 1.69. The van der Waals surface area contributed by atoms with E-state index in [-0.39, 0.29) is 5.78 Å². The van der Waals surface area contributed by atoms with Gasteiger partial charge < -0.3 is 4.90 Å². The van der Waals surface area contributed by atoms with Gasteiger partial charge in [0.25, 0.3) is 0 Å². The summed E-state index contributed by atoms with van der Waals surface area (Å²) in [4.78, 5) is 22.0. The Bertz CT molecular complexity index is 565. The summed E-state index contributed by atoms with van der Waals surface area (Å²) < 4.78 is 0. The first-order valence-electron chi connectivity index (χ1n) is 5.70. The Morgan fingerprint density at radius 3 is 2.39 bits per heavy atom. The van der Waals surface area contributed by atoms with Gasteiger partial charge in [0, 0.05) is 25.9 Å². The highest BCUT2D eigenvalue weighted by atomic mass is 16.1. The summed E-state index contributed by atoms with van der Waals surface area (Å²) in [7, 11) is 3.73. The van der Waals surface area contributed by atoms with E-state index in [1.165, 1.54) is 6.92 Å². The van der Waals surface area contributed by atoms with Gasteiger partial charge in [-0.1, -0.05) is 30.3 Å². The van der Waals surface area contributed by atoms with Crippen molar-refractivity contribution in [1.29, 1.82) is 0 Å². The molecule has 0 aliphatic rings. The predicted molar refractivity (Wildman–Crippen MR) is 71.8 cm³/mol. The second kappa shape index (κ2) is 4.96. The van der Waals surface area contributed by atoms with Crippen LogP contribution in [0.25, 0.3) is 11.4 Å². The lowest BCUT2D eigenvalue weighted by atomic mass is 10.2. The van der Waals surface area contributed by atoms with Crippen molar-refractivity contribution in [2.75, 3.05) is 19.0 Å². The number of nitrogens with zero attached hydrogens (tertiary/aromatic N) is 3. The summed E-state index contributed by atoms with van der Waals surface area (Å²) in [6.45, 7) is 1.52. The summed E-state index contributed by atoms with van der Waals surface area (Å²) in [6.07, 6.45) is 1.59. The highest BCUT2D eigenvalue weighted by Gasteiger charge is 2.13. The third kappa shape index (κ3) is 2.37. The molecule has 18 heavy (non-hydrogen) atoms. The van der Waals surface area contributed by atoms with Crippen LogP contribution >= 0.6 is 0 Å². The van der Waals surface area contributed by atoms with Crippen LogP contribution in [-0.4, -0.2) is 29.8 Å². The largest absolute Gasteiger partial charge is 0.362 e. The minimum Gasteiger partial charge on any atom is -0.362 e. The quantitative estimate of drug-likeness (QED) is 0.774. The molecule has 0 unspecified atom stereocenters. The van der Waals surface area contributed by atoms with E-state index in [2.05, 4.69) is 9.97 Å². The summed E-state index contributed by atoms with van der Waals surface area (Å²) in [5.41, 5.74) is 1.48. The fourth-order valence-electron chi connectivity index (χ4n) is 1.69. The average molecular weight is 241 g/mol. The summed E-state index contributed by atoms with van der Waals surface area (Å²) in [5.74, 6) is 1.25. The maximum Gasteiger partial charge on any atom is 0.165 e. The van der Waals surface area contributed by atoms with Crippen LogP contribution < -0.4 is 4.90 Å². The van der Waals surface area contributed by atoms with E-state index in [9.17, 15) is 4.79 Å². The molecule has 0 amide bonds. The van der Waals surface area contributed by atoms with Gasteiger partial charge in [0.1, 0.15) is 5.82 Å². The van der Waals surface area contributed by atoms with E-state index in [4.69, 9.17) is 0 Å². The van der Waals surface area contributed by atoms with Crippen LogP contribution in [0, 0.1) is 0 Å². The van der Waals surface area contributed by atoms with Gasteiger partial charge in [0.15, 0.2) is 11.6 Å². The van der Waals surface area contributed by atoms with Crippen molar-refractivity contribution in [3.05, 3.63) is 42.1 Å². The molecule has 0 aliphatic carbocycles. The first-order valence-corrected chi connectivity index (χ1v) is 5.70. The minimum absolute atomic E-state index is 0.0293. The lowest BCUT2D eigenvalue weighted by Gasteiger charge is -2.15. The average Bonchev–Trinajstić information content (AvgIpc) is 2.39. The van der Waals surface area contributed by atoms with Gasteiger partial charge >= 0.3 is 0 Å². The topological polar surface area (TPSA) is 46.1 Å². The van der Waals surface area contributed by atoms with Crippen LogP contribution in [0.5, 0.6) is 0 Å². The number of hydrogen-bond acceptors (Lipinski definition) is 4. The molecule has 0 atom stereocenters. The van der Waals surface area contributed by atoms with Crippen molar-refractivity contribution >= 4 is 11.6 Å². The first-order chi connectivity index (χ1) is 8.59. The van der Waals surface area contributed by atoms with Crippen LogP contribution in [0.15, 0.2) is 36.5 Å². The molecule has 0 bridgehead atoms. The zero-order chi connectivity index (χ0) is 13.1. The van der Waals surface area contributed by atoms with Crippen LogP contribution in [0.4, 0.5) is 5.82 Å². The van der Waals surface area contributed by atoms with Gasteiger partial charge in [-0.05, 0) is 6.92 Å². The van der Waals surface area contributed by atoms with Gasteiger partial charge in [-0.2, -0.15) is 0 Å². The lowest BCUT2D eigenvalue weighted by molar-refractivity contribution is 0.101. The number of hydrogen-bond donors (Lipinski definition) is 0. The Labute approximate surface area is 106 Å². The Balaban J connectivity index is 2.54. The number of benzene rings is 1. The van der Waals surface area contributed by atoms with Crippen molar-refractivity contribution in [3.8, 4) is 11.4 Å². The van der Waals surface area contributed by atoms with E-state index in [1.54, 1.807) is 6.20 Å². The molecule has 0 N–H and O–H groups in total. The third-order valence-corrected chi connectivity index (χ3v) is 2.60. The molecule has 0 fully saturated rings. The number of rotatable bonds is 3. The molecule has 0 saturated carbocycles. The monoisotopic (exact) mass is 241 g/mol. The van der Waals surface area contributed by atoms with Gasteiger partial charge in [0.2, 0.25) is 0 Å². The fraction of sp³-hybridized carbons (Fsp3) is 0.214. The van der Waals surface area contributed by atoms with Crippen molar-refractivity contribution in [3.63, 3.8) is 0 Å². The zero-order valence-corrected chi connectivity index (χ0v) is 10.7. The Kier molecular flexibility index (Phi) is 3.37. The minimum atomic E-state index is -0.0293. The molecular formula is C14H15N3O. The van der Waals surface area contributed by atoms with Crippen LogP contribution in [-0.2, 0) is 0 Å². The summed E-state index contributed by atoms with van der Waals surface area (Å²) >= 11 is 0. The van der Waals surface area contributed by atoms with Crippen LogP contribution in [0.1, 0.15) is 17.3 Å². The molecule has 4 heteroatoms. The van der Waals surface area contributed by atoms with Crippen molar-refractivity contribution < 1.29 is 4.79 Å². The molecule has 4 nitrogen and oxygen atoms in total. The van der Waals surface area contributed by atoms with E-state index in [1.807, 2.05) is 49.3 Å². The highest BCUT2D eigenvalue weighted by Crippen LogP contribution is 2.21. The lowest BCUT2D eigenvalue weighted by Crippen LogP contribution is -2.16. The maximum atomic E-state index is 11.5. The van der Waals surface area contributed by atoms with Gasteiger partial charge in [0.05, 0.1) is 5.56 Å². The van der Waals surface area contributed by atoms with Crippen LogP contribution in [0.2, 0.25) is 0 Å². The number of aromatic nitrogens is 2. The van der Waals surface area contributed by atoms with Crippen LogP contribution in [0.3, 0.4) is 0 Å². The standard InChI is InChI=1S/C14H15N3O/c1-10(18)12-9-15-13(16-14(12)17(2)3)11-7-5-4-6-8-11/h4-9H,1-3H3. The molecule has 1 heterocycles. The van der Waals surface area contributed by atoms with Crippen molar-refractivity contribution in [2.45, 2.75) is 6.92 Å². The molecule has 0 saturated heterocycles. The Morgan fingerprint density at radius 1 is 1.17 bits per heavy atom. The van der Waals surface area contributed by atoms with Crippen molar-refractivity contribution in [2.24, 2.45) is 0 Å². The number of ketones is 1. The Hall–Kier alpha value is -2.23. The van der Waals surface area contributed by atoms with Gasteiger partial charge in [-0.25, -0.2) is 9.97 Å². The van der Waals surface area contributed by atoms with E-state index in [0.29, 0.717) is 17.2 Å². The first kappa shape index (κ1) is 12.2. The molecular weight excluding hydrogens is 226 g/mol. The van der Waals surface area contributed by atoms with Gasteiger partial charge in [-0.15, -0.1) is 0 Å². The molecule has 2 aromatic rings. The second-order valence-corrected chi connectivity index (χ2v) is 4.25. The SMILES string of the molecule is CC(=O)c1cnc(-c2ccccc2)nc1N(C)C.